The standard InChI is InChI=1S/C11H15ClN2O2/c1-7-5-10(16-4)8(6-9(7)12)11(15)13-14(2)3/h5-6H,1-4H3,(H,13,15). The van der Waals surface area contributed by atoms with Crippen molar-refractivity contribution in [1.82, 2.24) is 10.4 Å². The lowest BCUT2D eigenvalue weighted by molar-refractivity contribution is 0.0854. The van der Waals surface area contributed by atoms with Crippen molar-refractivity contribution in [3.63, 3.8) is 0 Å². The topological polar surface area (TPSA) is 41.6 Å². The smallest absolute Gasteiger partial charge is 0.269 e. The van der Waals surface area contributed by atoms with E-state index >= 15 is 0 Å². The maximum Gasteiger partial charge on any atom is 0.269 e. The predicted molar refractivity (Wildman–Crippen MR) is 63.9 cm³/mol. The van der Waals surface area contributed by atoms with Crippen LogP contribution in [-0.4, -0.2) is 32.1 Å². The molecule has 88 valence electrons. The second kappa shape index (κ2) is 5.18. The van der Waals surface area contributed by atoms with Gasteiger partial charge in [0.15, 0.2) is 0 Å². The molecule has 5 heteroatoms. The Balaban J connectivity index is 3.11. The van der Waals surface area contributed by atoms with Crippen molar-refractivity contribution in [2.45, 2.75) is 6.92 Å². The summed E-state index contributed by atoms with van der Waals surface area (Å²) in [5, 5.41) is 2.11. The third-order valence-corrected chi connectivity index (χ3v) is 2.46. The van der Waals surface area contributed by atoms with Crippen LogP contribution >= 0.6 is 11.6 Å². The zero-order valence-corrected chi connectivity index (χ0v) is 10.6. The molecule has 1 amide bonds. The van der Waals surface area contributed by atoms with Crippen molar-refractivity contribution < 1.29 is 9.53 Å². The van der Waals surface area contributed by atoms with E-state index in [1.807, 2.05) is 6.92 Å². The fraction of sp³-hybridized carbons (Fsp3) is 0.364. The number of carbonyl (C=O) groups is 1. The van der Waals surface area contributed by atoms with E-state index in [9.17, 15) is 4.79 Å². The van der Waals surface area contributed by atoms with Crippen LogP contribution in [0.5, 0.6) is 5.75 Å². The van der Waals surface area contributed by atoms with Crippen LogP contribution in [0.3, 0.4) is 0 Å². The number of benzene rings is 1. The zero-order valence-electron chi connectivity index (χ0n) is 9.80. The molecule has 0 radical (unpaired) electrons. The fourth-order valence-corrected chi connectivity index (χ4v) is 1.43. The molecule has 0 bridgehead atoms. The predicted octanol–water partition coefficient (Wildman–Crippen LogP) is 1.86. The first kappa shape index (κ1) is 12.8. The number of aryl methyl sites for hydroxylation is 1. The first-order valence-corrected chi connectivity index (χ1v) is 5.16. The van der Waals surface area contributed by atoms with Crippen LogP contribution in [-0.2, 0) is 0 Å². The first-order valence-electron chi connectivity index (χ1n) is 4.78. The Bertz CT molecular complexity index is 405. The summed E-state index contributed by atoms with van der Waals surface area (Å²) in [5.74, 6) is 0.269. The Morgan fingerprint density at radius 3 is 2.56 bits per heavy atom. The minimum atomic E-state index is -0.247. The Labute approximate surface area is 100 Å². The molecule has 0 spiro atoms. The molecule has 1 rings (SSSR count). The van der Waals surface area contributed by atoms with Gasteiger partial charge in [-0.3, -0.25) is 10.2 Å². The van der Waals surface area contributed by atoms with Gasteiger partial charge in [-0.25, -0.2) is 5.01 Å². The van der Waals surface area contributed by atoms with E-state index in [1.165, 1.54) is 7.11 Å². The molecule has 0 saturated heterocycles. The Hall–Kier alpha value is -1.26. The number of nitrogens with zero attached hydrogens (tertiary/aromatic N) is 1. The number of halogens is 1. The van der Waals surface area contributed by atoms with Crippen LogP contribution in [0.15, 0.2) is 12.1 Å². The average Bonchev–Trinajstić information content (AvgIpc) is 2.20. The third kappa shape index (κ3) is 2.87. The van der Waals surface area contributed by atoms with E-state index in [-0.39, 0.29) is 5.91 Å². The maximum absolute atomic E-state index is 11.8. The fourth-order valence-electron chi connectivity index (χ4n) is 1.26. The molecule has 0 fully saturated rings. The molecule has 0 aromatic heterocycles. The number of carbonyl (C=O) groups excluding carboxylic acids is 1. The molecule has 16 heavy (non-hydrogen) atoms. The number of hydrogen-bond donors (Lipinski definition) is 1. The minimum Gasteiger partial charge on any atom is -0.496 e. The van der Waals surface area contributed by atoms with Gasteiger partial charge in [0.25, 0.3) is 5.91 Å². The second-order valence-electron chi connectivity index (χ2n) is 3.64. The number of rotatable bonds is 3. The summed E-state index contributed by atoms with van der Waals surface area (Å²) >= 11 is 5.97. The summed E-state index contributed by atoms with van der Waals surface area (Å²) < 4.78 is 5.15. The van der Waals surface area contributed by atoms with E-state index in [0.717, 1.165) is 5.56 Å². The number of methoxy groups -OCH3 is 1. The van der Waals surface area contributed by atoms with E-state index in [2.05, 4.69) is 5.43 Å². The van der Waals surface area contributed by atoms with Crippen molar-refractivity contribution >= 4 is 17.5 Å². The average molecular weight is 243 g/mol. The summed E-state index contributed by atoms with van der Waals surface area (Å²) in [7, 11) is 5.00. The number of hydrazine groups is 1. The first-order chi connectivity index (χ1) is 7.45. The van der Waals surface area contributed by atoms with Crippen LogP contribution in [0, 0.1) is 6.92 Å². The lowest BCUT2D eigenvalue weighted by Crippen LogP contribution is -2.36. The van der Waals surface area contributed by atoms with Crippen LogP contribution < -0.4 is 10.2 Å². The molecule has 0 unspecified atom stereocenters. The highest BCUT2D eigenvalue weighted by Gasteiger charge is 2.14. The number of hydrogen-bond acceptors (Lipinski definition) is 3. The zero-order chi connectivity index (χ0) is 12.3. The molecular weight excluding hydrogens is 228 g/mol. The van der Waals surface area contributed by atoms with Gasteiger partial charge in [0.1, 0.15) is 5.75 Å². The largest absolute Gasteiger partial charge is 0.496 e. The maximum atomic E-state index is 11.8. The highest BCUT2D eigenvalue weighted by atomic mass is 35.5. The molecule has 4 nitrogen and oxygen atoms in total. The Morgan fingerprint density at radius 1 is 1.44 bits per heavy atom. The molecule has 0 heterocycles. The van der Waals surface area contributed by atoms with Gasteiger partial charge in [-0.2, -0.15) is 0 Å². The Morgan fingerprint density at radius 2 is 2.06 bits per heavy atom. The molecule has 1 N–H and O–H groups in total. The summed E-state index contributed by atoms with van der Waals surface area (Å²) in [5.41, 5.74) is 3.93. The lowest BCUT2D eigenvalue weighted by Gasteiger charge is -2.14. The van der Waals surface area contributed by atoms with E-state index in [1.54, 1.807) is 31.2 Å². The van der Waals surface area contributed by atoms with E-state index < -0.39 is 0 Å². The van der Waals surface area contributed by atoms with Crippen LogP contribution in [0.4, 0.5) is 0 Å². The normalized spacial score (nSPS) is 10.4. The summed E-state index contributed by atoms with van der Waals surface area (Å²) in [6, 6.07) is 3.35. The lowest BCUT2D eigenvalue weighted by atomic mass is 10.1. The molecule has 0 saturated carbocycles. The van der Waals surface area contributed by atoms with Crippen molar-refractivity contribution in [2.75, 3.05) is 21.2 Å². The molecule has 0 atom stereocenters. The van der Waals surface area contributed by atoms with Gasteiger partial charge in [-0.1, -0.05) is 11.6 Å². The molecule has 0 aliphatic carbocycles. The highest BCUT2D eigenvalue weighted by Crippen LogP contribution is 2.26. The van der Waals surface area contributed by atoms with Gasteiger partial charge in [0.05, 0.1) is 12.7 Å². The summed E-state index contributed by atoms with van der Waals surface area (Å²) in [4.78, 5) is 11.8. The van der Waals surface area contributed by atoms with Crippen LogP contribution in [0.2, 0.25) is 5.02 Å². The SMILES string of the molecule is COc1cc(C)c(Cl)cc1C(=O)NN(C)C. The van der Waals surface area contributed by atoms with Gasteiger partial charge in [0.2, 0.25) is 0 Å². The van der Waals surface area contributed by atoms with Gasteiger partial charge < -0.3 is 4.74 Å². The van der Waals surface area contributed by atoms with E-state index in [0.29, 0.717) is 16.3 Å². The third-order valence-electron chi connectivity index (χ3n) is 2.05. The van der Waals surface area contributed by atoms with Crippen molar-refractivity contribution in [3.05, 3.63) is 28.3 Å². The van der Waals surface area contributed by atoms with Gasteiger partial charge in [-0.15, -0.1) is 0 Å². The van der Waals surface area contributed by atoms with Gasteiger partial charge >= 0.3 is 0 Å². The van der Waals surface area contributed by atoms with E-state index in [4.69, 9.17) is 16.3 Å². The summed E-state index contributed by atoms with van der Waals surface area (Å²) in [6.45, 7) is 1.86. The van der Waals surface area contributed by atoms with Crippen LogP contribution in [0.1, 0.15) is 15.9 Å². The molecule has 1 aromatic carbocycles. The van der Waals surface area contributed by atoms with Crippen molar-refractivity contribution in [2.24, 2.45) is 0 Å². The highest BCUT2D eigenvalue weighted by molar-refractivity contribution is 6.31. The Kier molecular flexibility index (Phi) is 4.15. The monoisotopic (exact) mass is 242 g/mol. The molecule has 0 aliphatic rings. The molecule has 1 aromatic rings. The van der Waals surface area contributed by atoms with Gasteiger partial charge in [0, 0.05) is 19.1 Å². The van der Waals surface area contributed by atoms with Gasteiger partial charge in [-0.05, 0) is 24.6 Å². The van der Waals surface area contributed by atoms with Crippen molar-refractivity contribution in [1.29, 1.82) is 0 Å². The summed E-state index contributed by atoms with van der Waals surface area (Å²) in [6.07, 6.45) is 0. The quantitative estimate of drug-likeness (QED) is 0.823. The number of amides is 1. The minimum absolute atomic E-state index is 0.247. The number of ether oxygens (including phenoxy) is 1. The molecular formula is C11H15ClN2O2. The number of nitrogens with one attached hydrogen (secondary N) is 1. The second-order valence-corrected chi connectivity index (χ2v) is 4.04. The van der Waals surface area contributed by atoms with Crippen LogP contribution in [0.25, 0.3) is 0 Å². The van der Waals surface area contributed by atoms with Crippen molar-refractivity contribution in [3.8, 4) is 5.75 Å². The molecule has 0 aliphatic heterocycles.